The lowest BCUT2D eigenvalue weighted by Crippen LogP contribution is -2.22. The van der Waals surface area contributed by atoms with Gasteiger partial charge in [0.2, 0.25) is 0 Å². The average molecular weight is 414 g/mol. The van der Waals surface area contributed by atoms with Crippen molar-refractivity contribution in [3.63, 3.8) is 0 Å². The molecule has 0 unspecified atom stereocenters. The number of aliphatic carboxylic acids is 1. The minimum absolute atomic E-state index is 0.175. The Kier molecular flexibility index (Phi) is 9.77. The van der Waals surface area contributed by atoms with Gasteiger partial charge in [-0.15, -0.1) is 11.3 Å². The molecule has 2 rings (SSSR count). The highest BCUT2D eigenvalue weighted by atomic mass is 35.5. The first-order chi connectivity index (χ1) is 12.7. The van der Waals surface area contributed by atoms with Gasteiger partial charge in [0, 0.05) is 17.4 Å². The zero-order valence-electron chi connectivity index (χ0n) is 15.5. The number of aryl methyl sites for hydroxylation is 2. The molecule has 0 aliphatic heterocycles. The summed E-state index contributed by atoms with van der Waals surface area (Å²) in [5, 5.41) is 11.7. The number of benzene rings is 1. The standard InChI is InChI=1S/C16H20ClN3O2S.C2H4O2/c1-10-15(23-11(2)20-10)9-19-16(21)12-4-5-14(13(17)8-12)22-7-3-6-18;1-2(3)4/h4-5,8H,3,6-7,9,18H2,1-2H3,(H,19,21);1H3,(H,3,4). The maximum Gasteiger partial charge on any atom is 0.300 e. The molecule has 0 spiro atoms. The Balaban J connectivity index is 0.000000828. The Labute approximate surface area is 167 Å². The van der Waals surface area contributed by atoms with Crippen LogP contribution < -0.4 is 15.8 Å². The zero-order chi connectivity index (χ0) is 20.4. The number of hydrogen-bond acceptors (Lipinski definition) is 6. The lowest BCUT2D eigenvalue weighted by Gasteiger charge is -2.09. The van der Waals surface area contributed by atoms with Gasteiger partial charge >= 0.3 is 0 Å². The van der Waals surface area contributed by atoms with Crippen LogP contribution in [0.3, 0.4) is 0 Å². The smallest absolute Gasteiger partial charge is 0.300 e. The van der Waals surface area contributed by atoms with Gasteiger partial charge in [-0.2, -0.15) is 0 Å². The summed E-state index contributed by atoms with van der Waals surface area (Å²) in [7, 11) is 0. The Bertz CT molecular complexity index is 776. The van der Waals surface area contributed by atoms with Crippen LogP contribution in [-0.2, 0) is 11.3 Å². The van der Waals surface area contributed by atoms with Gasteiger partial charge in [0.1, 0.15) is 5.75 Å². The molecule has 0 saturated carbocycles. The van der Waals surface area contributed by atoms with Gasteiger partial charge in [-0.3, -0.25) is 9.59 Å². The molecule has 0 fully saturated rings. The van der Waals surface area contributed by atoms with Crippen molar-refractivity contribution in [3.05, 3.63) is 44.4 Å². The molecular formula is C18H24ClN3O4S. The molecule has 7 nitrogen and oxygen atoms in total. The van der Waals surface area contributed by atoms with E-state index in [1.54, 1.807) is 29.5 Å². The van der Waals surface area contributed by atoms with Crippen LogP contribution in [0.5, 0.6) is 5.75 Å². The van der Waals surface area contributed by atoms with Gasteiger partial charge < -0.3 is 20.9 Å². The number of nitrogens with zero attached hydrogens (tertiary/aromatic N) is 1. The third kappa shape index (κ3) is 8.38. The first-order valence-electron chi connectivity index (χ1n) is 8.27. The second kappa shape index (κ2) is 11.5. The second-order valence-electron chi connectivity index (χ2n) is 5.58. The number of nitrogens with two attached hydrogens (primary N) is 1. The summed E-state index contributed by atoms with van der Waals surface area (Å²) in [5.74, 6) is -0.448. The molecule has 2 aromatic rings. The van der Waals surface area contributed by atoms with Crippen molar-refractivity contribution in [2.24, 2.45) is 5.73 Å². The van der Waals surface area contributed by atoms with Crippen molar-refractivity contribution in [1.29, 1.82) is 0 Å². The number of nitrogens with one attached hydrogen (secondary N) is 1. The molecule has 1 heterocycles. The van der Waals surface area contributed by atoms with Crippen LogP contribution in [0.1, 0.15) is 39.3 Å². The quantitative estimate of drug-likeness (QED) is 0.600. The molecule has 1 amide bonds. The molecule has 0 saturated heterocycles. The van der Waals surface area contributed by atoms with Crippen LogP contribution in [0.25, 0.3) is 0 Å². The molecule has 1 aromatic heterocycles. The predicted molar refractivity (Wildman–Crippen MR) is 107 cm³/mol. The van der Waals surface area contributed by atoms with Gasteiger partial charge in [0.05, 0.1) is 28.9 Å². The van der Waals surface area contributed by atoms with Gasteiger partial charge in [-0.05, 0) is 45.0 Å². The number of amides is 1. The SMILES string of the molecule is CC(=O)O.Cc1nc(C)c(CNC(=O)c2ccc(OCCCN)c(Cl)c2)s1. The molecule has 1 aromatic carbocycles. The molecule has 0 radical (unpaired) electrons. The normalized spacial score (nSPS) is 9.96. The number of rotatable bonds is 7. The number of carbonyl (C=O) groups is 2. The van der Waals surface area contributed by atoms with Crippen LogP contribution >= 0.6 is 22.9 Å². The third-order valence-corrected chi connectivity index (χ3v) is 4.58. The minimum atomic E-state index is -0.833. The molecule has 0 aliphatic rings. The highest BCUT2D eigenvalue weighted by Gasteiger charge is 2.11. The fourth-order valence-electron chi connectivity index (χ4n) is 2.02. The zero-order valence-corrected chi connectivity index (χ0v) is 17.1. The molecule has 148 valence electrons. The van der Waals surface area contributed by atoms with E-state index in [-0.39, 0.29) is 5.91 Å². The first-order valence-corrected chi connectivity index (χ1v) is 9.47. The van der Waals surface area contributed by atoms with Crippen LogP contribution in [0, 0.1) is 13.8 Å². The van der Waals surface area contributed by atoms with E-state index in [1.807, 2.05) is 13.8 Å². The lowest BCUT2D eigenvalue weighted by molar-refractivity contribution is -0.134. The number of aromatic nitrogens is 1. The van der Waals surface area contributed by atoms with Crippen molar-refractivity contribution in [2.45, 2.75) is 33.7 Å². The van der Waals surface area contributed by atoms with Crippen molar-refractivity contribution in [3.8, 4) is 5.75 Å². The molecule has 0 bridgehead atoms. The highest BCUT2D eigenvalue weighted by molar-refractivity contribution is 7.11. The van der Waals surface area contributed by atoms with Gasteiger partial charge in [0.25, 0.3) is 11.9 Å². The maximum absolute atomic E-state index is 12.2. The number of ether oxygens (including phenoxy) is 1. The van der Waals surface area contributed by atoms with E-state index < -0.39 is 5.97 Å². The van der Waals surface area contributed by atoms with Crippen LogP contribution in [-0.4, -0.2) is 35.1 Å². The van der Waals surface area contributed by atoms with E-state index in [0.29, 0.717) is 36.0 Å². The lowest BCUT2D eigenvalue weighted by atomic mass is 10.2. The van der Waals surface area contributed by atoms with E-state index in [4.69, 9.17) is 32.0 Å². The van der Waals surface area contributed by atoms with E-state index in [0.717, 1.165) is 28.9 Å². The number of thiazole rings is 1. The van der Waals surface area contributed by atoms with Crippen LogP contribution in [0.15, 0.2) is 18.2 Å². The number of hydrogen-bond donors (Lipinski definition) is 3. The fraction of sp³-hybridized carbons (Fsp3) is 0.389. The van der Waals surface area contributed by atoms with E-state index >= 15 is 0 Å². The van der Waals surface area contributed by atoms with Crippen LogP contribution in [0.4, 0.5) is 0 Å². The summed E-state index contributed by atoms with van der Waals surface area (Å²) in [4.78, 5) is 26.6. The summed E-state index contributed by atoms with van der Waals surface area (Å²) in [6.45, 7) is 6.50. The third-order valence-electron chi connectivity index (χ3n) is 3.21. The molecule has 9 heteroatoms. The Morgan fingerprint density at radius 2 is 2.04 bits per heavy atom. The van der Waals surface area contributed by atoms with Crippen LogP contribution in [0.2, 0.25) is 5.02 Å². The summed E-state index contributed by atoms with van der Waals surface area (Å²) < 4.78 is 5.51. The van der Waals surface area contributed by atoms with Crippen molar-refractivity contribution in [1.82, 2.24) is 10.3 Å². The maximum atomic E-state index is 12.2. The summed E-state index contributed by atoms with van der Waals surface area (Å²) in [6, 6.07) is 5.01. The van der Waals surface area contributed by atoms with Crippen molar-refractivity contribution in [2.75, 3.05) is 13.2 Å². The molecular weight excluding hydrogens is 390 g/mol. The monoisotopic (exact) mass is 413 g/mol. The van der Waals surface area contributed by atoms with E-state index in [1.165, 1.54) is 0 Å². The second-order valence-corrected chi connectivity index (χ2v) is 7.27. The molecule has 0 aliphatic carbocycles. The molecule has 0 atom stereocenters. The van der Waals surface area contributed by atoms with Crippen molar-refractivity contribution >= 4 is 34.8 Å². The van der Waals surface area contributed by atoms with Gasteiger partial charge in [-0.1, -0.05) is 11.6 Å². The van der Waals surface area contributed by atoms with Gasteiger partial charge in [0.15, 0.2) is 0 Å². The fourth-order valence-corrected chi connectivity index (χ4v) is 3.14. The van der Waals surface area contributed by atoms with E-state index in [2.05, 4.69) is 10.3 Å². The largest absolute Gasteiger partial charge is 0.492 e. The molecule has 4 N–H and O–H groups in total. The number of carboxylic acid groups (broad SMARTS) is 1. The summed E-state index contributed by atoms with van der Waals surface area (Å²) >= 11 is 7.74. The van der Waals surface area contributed by atoms with Gasteiger partial charge in [-0.25, -0.2) is 4.98 Å². The molecule has 27 heavy (non-hydrogen) atoms. The Morgan fingerprint density at radius 1 is 1.37 bits per heavy atom. The summed E-state index contributed by atoms with van der Waals surface area (Å²) in [5.41, 5.74) is 6.87. The number of halogens is 1. The highest BCUT2D eigenvalue weighted by Crippen LogP contribution is 2.25. The predicted octanol–water partition coefficient (Wildman–Crippen LogP) is 3.16. The minimum Gasteiger partial charge on any atom is -0.492 e. The first kappa shape index (κ1) is 22.9. The number of carboxylic acids is 1. The average Bonchev–Trinajstić information content (AvgIpc) is 2.91. The Morgan fingerprint density at radius 3 is 2.56 bits per heavy atom. The van der Waals surface area contributed by atoms with Crippen molar-refractivity contribution < 1.29 is 19.4 Å². The number of carbonyl (C=O) groups excluding carboxylic acids is 1. The topological polar surface area (TPSA) is 115 Å². The Hall–Kier alpha value is -2.16. The van der Waals surface area contributed by atoms with E-state index in [9.17, 15) is 4.79 Å². The summed E-state index contributed by atoms with van der Waals surface area (Å²) in [6.07, 6.45) is 0.756.